The van der Waals surface area contributed by atoms with Crippen LogP contribution in [0.2, 0.25) is 0 Å². The summed E-state index contributed by atoms with van der Waals surface area (Å²) >= 11 is 0. The minimum atomic E-state index is -0.161. The van der Waals surface area contributed by atoms with E-state index in [-0.39, 0.29) is 37.2 Å². The second-order valence-corrected chi connectivity index (χ2v) is 8.92. The Kier molecular flexibility index (Phi) is 22.1. The van der Waals surface area contributed by atoms with Gasteiger partial charge in [0.05, 0.1) is 11.6 Å². The molecule has 0 aliphatic heterocycles. The largest absolute Gasteiger partial charge is 2.00 e. The summed E-state index contributed by atoms with van der Waals surface area (Å²) in [6.07, 6.45) is 9.48. The molecule has 2 atom stereocenters. The second kappa shape index (κ2) is 23.4. The Morgan fingerprint density at radius 1 is 1.00 bits per heavy atom. The van der Waals surface area contributed by atoms with Crippen LogP contribution in [-0.2, 0) is 4.74 Å². The third kappa shape index (κ3) is 13.9. The zero-order valence-electron chi connectivity index (χ0n) is 25.4. The minimum Gasteiger partial charge on any atom is -0.567 e. The van der Waals surface area contributed by atoms with Crippen LogP contribution < -0.4 is 4.90 Å². The van der Waals surface area contributed by atoms with Crippen molar-refractivity contribution in [2.75, 3.05) is 11.4 Å². The maximum absolute atomic E-state index is 9.29. The third-order valence-corrected chi connectivity index (χ3v) is 6.16. The Bertz CT molecular complexity index is 1050. The smallest absolute Gasteiger partial charge is 0.567 e. The Labute approximate surface area is 269 Å². The fourth-order valence-electron chi connectivity index (χ4n) is 4.38. The van der Waals surface area contributed by atoms with Crippen LogP contribution in [0.1, 0.15) is 83.1 Å². The van der Waals surface area contributed by atoms with E-state index in [1.54, 1.807) is 0 Å². The predicted octanol–water partition coefficient (Wildman–Crippen LogP) is 10.3. The number of aryl methyl sites for hydroxylation is 1. The van der Waals surface area contributed by atoms with Crippen molar-refractivity contribution in [1.82, 2.24) is 0 Å². The summed E-state index contributed by atoms with van der Waals surface area (Å²) in [5, 5.41) is 9.29. The number of anilines is 1. The average molecular weight is 763 g/mol. The van der Waals surface area contributed by atoms with Gasteiger partial charge in [-0.1, -0.05) is 131 Å². The van der Waals surface area contributed by atoms with Gasteiger partial charge in [0.25, 0.3) is 0 Å². The van der Waals surface area contributed by atoms with Crippen LogP contribution in [0.25, 0.3) is 0 Å². The van der Waals surface area contributed by atoms with E-state index >= 15 is 0 Å². The van der Waals surface area contributed by atoms with Crippen molar-refractivity contribution >= 4 is 5.69 Å². The molecule has 3 nitrogen and oxygen atoms in total. The van der Waals surface area contributed by atoms with Gasteiger partial charge < -0.3 is 16.6 Å². The monoisotopic (exact) mass is 762 g/mol. The molecular weight excluding hydrogens is 714 g/mol. The molecule has 3 aromatic rings. The van der Waals surface area contributed by atoms with Gasteiger partial charge in [0.1, 0.15) is 0 Å². The number of benzene rings is 3. The summed E-state index contributed by atoms with van der Waals surface area (Å²) in [5.41, 5.74) is 4.10. The molecule has 1 aliphatic carbocycles. The summed E-state index contributed by atoms with van der Waals surface area (Å²) in [6, 6.07) is 30.3. The molecule has 3 aromatic carbocycles. The first-order valence-electron chi connectivity index (χ1n) is 14.4. The van der Waals surface area contributed by atoms with Crippen LogP contribution in [0, 0.1) is 68.3 Å². The fraction of sp³-hybridized carbons (Fsp3) is 0.361. The number of hydrogen-bond donors (Lipinski definition) is 0. The predicted molar refractivity (Wildman–Crippen MR) is 168 cm³/mol. The van der Waals surface area contributed by atoms with Gasteiger partial charge >= 0.3 is 31.1 Å². The number of nitrogens with zero attached hydrogens (tertiary/aromatic N) is 2. The van der Waals surface area contributed by atoms with Crippen LogP contribution in [-0.4, -0.2) is 6.54 Å². The van der Waals surface area contributed by atoms with Crippen molar-refractivity contribution in [2.45, 2.75) is 73.3 Å². The number of allylic oxidation sites excluding steroid dienone is 1. The van der Waals surface area contributed by atoms with Crippen molar-refractivity contribution in [3.8, 4) is 6.07 Å². The summed E-state index contributed by atoms with van der Waals surface area (Å²) in [7, 11) is 0. The molecule has 0 heterocycles. The van der Waals surface area contributed by atoms with Crippen LogP contribution in [0.5, 0.6) is 0 Å². The van der Waals surface area contributed by atoms with Gasteiger partial charge in [0, 0.05) is 12.2 Å². The van der Waals surface area contributed by atoms with E-state index in [1.807, 2.05) is 107 Å². The molecule has 1 saturated carbocycles. The van der Waals surface area contributed by atoms with Gasteiger partial charge in [-0.05, 0) is 43.7 Å². The maximum Gasteiger partial charge on any atom is 2.00 e. The molecule has 0 spiro atoms. The van der Waals surface area contributed by atoms with Crippen molar-refractivity contribution in [2.24, 2.45) is 5.92 Å². The molecule has 212 valence electrons. The van der Waals surface area contributed by atoms with Crippen LogP contribution >= 0.6 is 0 Å². The Morgan fingerprint density at radius 3 is 2.12 bits per heavy atom. The van der Waals surface area contributed by atoms with Crippen molar-refractivity contribution in [3.05, 3.63) is 127 Å². The molecule has 1 aliphatic rings. The summed E-state index contributed by atoms with van der Waals surface area (Å²) in [6.45, 7) is 17.2. The van der Waals surface area contributed by atoms with E-state index in [1.165, 1.54) is 12.0 Å². The quantitative estimate of drug-likeness (QED) is 0.225. The first-order chi connectivity index (χ1) is 19.1. The van der Waals surface area contributed by atoms with E-state index < -0.39 is 0 Å². The Morgan fingerprint density at radius 2 is 1.57 bits per heavy atom. The molecule has 40 heavy (non-hydrogen) atoms. The van der Waals surface area contributed by atoms with Gasteiger partial charge in [-0.15, -0.1) is 6.42 Å². The van der Waals surface area contributed by atoms with Gasteiger partial charge in [-0.3, -0.25) is 0 Å². The van der Waals surface area contributed by atoms with Crippen LogP contribution in [0.4, 0.5) is 5.69 Å². The molecule has 2 unspecified atom stereocenters. The number of nitriles is 1. The van der Waals surface area contributed by atoms with Crippen LogP contribution in [0.15, 0.2) is 97.2 Å². The van der Waals surface area contributed by atoms with E-state index in [2.05, 4.69) is 49.2 Å². The Hall–Kier alpha value is -2.30. The van der Waals surface area contributed by atoms with Crippen molar-refractivity contribution < 1.29 is 35.9 Å². The van der Waals surface area contributed by atoms with Gasteiger partial charge in [0.2, 0.25) is 0 Å². The topological polar surface area (TPSA) is 36.3 Å². The van der Waals surface area contributed by atoms with E-state index in [9.17, 15) is 5.26 Å². The summed E-state index contributed by atoms with van der Waals surface area (Å²) in [5.74, 6) is 0.517. The van der Waals surface area contributed by atoms with E-state index in [0.29, 0.717) is 11.5 Å². The number of ether oxygens (including phenoxy) is 1. The van der Waals surface area contributed by atoms with Gasteiger partial charge in [0.15, 0.2) is 0 Å². The van der Waals surface area contributed by atoms with Crippen molar-refractivity contribution in [1.29, 1.82) is 5.26 Å². The van der Waals surface area contributed by atoms with E-state index in [4.69, 9.17) is 4.74 Å². The molecule has 0 radical (unpaired) electrons. The first-order valence-corrected chi connectivity index (χ1v) is 14.4. The Balaban J connectivity index is 0.00000119. The SMILES string of the molecule is CC.CC.[CH2-]C(O[C-]1CCCC(CN(/C=C\C)c2cc(C#N)ccc2C)C1)c1ccccc1.[U+2].c1ccccc1. The normalized spacial score (nSPS) is 14.9. The van der Waals surface area contributed by atoms with Gasteiger partial charge in [-0.2, -0.15) is 17.8 Å². The molecule has 1 fully saturated rings. The zero-order chi connectivity index (χ0) is 28.9. The fourth-order valence-corrected chi connectivity index (χ4v) is 4.38. The summed E-state index contributed by atoms with van der Waals surface area (Å²) in [4.78, 5) is 2.28. The van der Waals surface area contributed by atoms with Crippen molar-refractivity contribution in [3.63, 3.8) is 0 Å². The number of hydrogen-bond acceptors (Lipinski definition) is 3. The standard InChI is InChI=1S/C26H30N2O.C6H6.2C2H6.U/c1-4-15-28(26-17-22(18-27)14-13-20(26)2)19-23-9-8-12-25(16-23)29-21(3)24-10-6-5-7-11-24;1-2-4-6-5-3-1;2*1-2;/h4-7,10-11,13-15,17,21,23H,3,8-9,12,16,19H2,1-2H3;1-6H;2*1-2H3;/q-2;;;;+2/b15-4-;;;;. The van der Waals surface area contributed by atoms with Gasteiger partial charge in [-0.25, -0.2) is 0 Å². The molecule has 4 heteroatoms. The maximum atomic E-state index is 9.29. The molecule has 4 rings (SSSR count). The number of rotatable bonds is 7. The van der Waals surface area contributed by atoms with E-state index in [0.717, 1.165) is 43.2 Å². The first kappa shape index (κ1) is 37.7. The molecule has 0 saturated heterocycles. The molecule has 0 aromatic heterocycles. The molecule has 0 N–H and O–H groups in total. The second-order valence-electron chi connectivity index (χ2n) is 8.92. The molecule has 0 bridgehead atoms. The molecule has 0 amide bonds. The minimum absolute atomic E-state index is 0. The zero-order valence-corrected chi connectivity index (χ0v) is 29.6. The summed E-state index contributed by atoms with van der Waals surface area (Å²) < 4.78 is 6.24. The molecular formula is C36H48N2OU. The van der Waals surface area contributed by atoms with Crippen LogP contribution in [0.3, 0.4) is 0 Å². The average Bonchev–Trinajstić information content (AvgIpc) is 3.01. The third-order valence-electron chi connectivity index (χ3n) is 6.16.